The Morgan fingerprint density at radius 1 is 1.22 bits per heavy atom. The van der Waals surface area contributed by atoms with Crippen molar-refractivity contribution in [1.82, 2.24) is 0 Å². The SMILES string of the molecule is Nc1ccc2c(c1)OCC(=NC1CCCCC1)N2. The molecular formula is C14H19N3O. The lowest BCUT2D eigenvalue weighted by Crippen LogP contribution is -2.28. The highest BCUT2D eigenvalue weighted by Gasteiger charge is 2.17. The number of fused-ring (bicyclic) bond motifs is 1. The molecule has 0 unspecified atom stereocenters. The Bertz CT molecular complexity index is 464. The van der Waals surface area contributed by atoms with Gasteiger partial charge in [0.15, 0.2) is 0 Å². The molecule has 0 amide bonds. The van der Waals surface area contributed by atoms with Crippen molar-refractivity contribution in [3.8, 4) is 5.75 Å². The maximum absolute atomic E-state index is 5.73. The zero-order chi connectivity index (χ0) is 12.4. The third-order valence-corrected chi connectivity index (χ3v) is 3.56. The third kappa shape index (κ3) is 2.42. The van der Waals surface area contributed by atoms with Crippen LogP contribution in [0.1, 0.15) is 32.1 Å². The highest BCUT2D eigenvalue weighted by Crippen LogP contribution is 2.30. The van der Waals surface area contributed by atoms with E-state index in [1.165, 1.54) is 32.1 Å². The van der Waals surface area contributed by atoms with Crippen molar-refractivity contribution in [1.29, 1.82) is 0 Å². The Morgan fingerprint density at radius 2 is 2.06 bits per heavy atom. The van der Waals surface area contributed by atoms with E-state index in [9.17, 15) is 0 Å². The molecule has 0 spiro atoms. The molecule has 2 aliphatic rings. The average molecular weight is 245 g/mol. The van der Waals surface area contributed by atoms with Gasteiger partial charge in [-0.2, -0.15) is 0 Å². The van der Waals surface area contributed by atoms with Crippen LogP contribution >= 0.6 is 0 Å². The van der Waals surface area contributed by atoms with Gasteiger partial charge in [0.05, 0.1) is 11.7 Å². The zero-order valence-electron chi connectivity index (χ0n) is 10.5. The fourth-order valence-electron chi connectivity index (χ4n) is 2.60. The second kappa shape index (κ2) is 4.88. The van der Waals surface area contributed by atoms with Gasteiger partial charge in [0, 0.05) is 11.8 Å². The van der Waals surface area contributed by atoms with E-state index in [0.717, 1.165) is 23.0 Å². The molecule has 1 aromatic rings. The van der Waals surface area contributed by atoms with E-state index in [-0.39, 0.29) is 0 Å². The predicted octanol–water partition coefficient (Wildman–Crippen LogP) is 2.80. The van der Waals surface area contributed by atoms with Crippen LogP contribution in [0, 0.1) is 0 Å². The summed E-state index contributed by atoms with van der Waals surface area (Å²) in [5.41, 5.74) is 7.42. The highest BCUT2D eigenvalue weighted by molar-refractivity contribution is 5.99. The van der Waals surface area contributed by atoms with Crippen LogP contribution in [0.15, 0.2) is 23.2 Å². The first-order valence-electron chi connectivity index (χ1n) is 6.67. The number of hydrogen-bond donors (Lipinski definition) is 2. The van der Waals surface area contributed by atoms with Gasteiger partial charge in [-0.3, -0.25) is 4.99 Å². The smallest absolute Gasteiger partial charge is 0.146 e. The first kappa shape index (κ1) is 11.4. The van der Waals surface area contributed by atoms with Crippen LogP contribution in [-0.2, 0) is 0 Å². The van der Waals surface area contributed by atoms with Crippen LogP contribution in [0.2, 0.25) is 0 Å². The summed E-state index contributed by atoms with van der Waals surface area (Å²) in [5, 5.41) is 3.34. The van der Waals surface area contributed by atoms with E-state index in [1.807, 2.05) is 18.2 Å². The van der Waals surface area contributed by atoms with Gasteiger partial charge in [-0.05, 0) is 25.0 Å². The number of nitrogen functional groups attached to an aromatic ring is 1. The van der Waals surface area contributed by atoms with E-state index in [1.54, 1.807) is 0 Å². The van der Waals surface area contributed by atoms with Crippen molar-refractivity contribution in [3.63, 3.8) is 0 Å². The summed E-state index contributed by atoms with van der Waals surface area (Å²) < 4.78 is 5.69. The minimum absolute atomic E-state index is 0.472. The molecule has 3 rings (SSSR count). The molecule has 96 valence electrons. The molecule has 1 aliphatic heterocycles. The van der Waals surface area contributed by atoms with Gasteiger partial charge in [0.25, 0.3) is 0 Å². The number of rotatable bonds is 1. The normalized spacial score (nSPS) is 22.1. The van der Waals surface area contributed by atoms with Crippen molar-refractivity contribution < 1.29 is 4.74 Å². The van der Waals surface area contributed by atoms with E-state index < -0.39 is 0 Å². The van der Waals surface area contributed by atoms with Crippen molar-refractivity contribution in [2.24, 2.45) is 4.99 Å². The lowest BCUT2D eigenvalue weighted by Gasteiger charge is -2.24. The highest BCUT2D eigenvalue weighted by atomic mass is 16.5. The van der Waals surface area contributed by atoms with Gasteiger partial charge >= 0.3 is 0 Å². The standard InChI is InChI=1S/C14H19N3O/c15-10-6-7-12-13(8-10)18-9-14(17-12)16-11-4-2-1-3-5-11/h6-8,11H,1-5,9,15H2,(H,16,17). The molecule has 3 N–H and O–H groups in total. The maximum atomic E-state index is 5.73. The second-order valence-electron chi connectivity index (χ2n) is 5.04. The molecule has 1 aromatic carbocycles. The summed E-state index contributed by atoms with van der Waals surface area (Å²) >= 11 is 0. The minimum Gasteiger partial charge on any atom is -0.483 e. The van der Waals surface area contributed by atoms with Crippen LogP contribution in [0.4, 0.5) is 11.4 Å². The van der Waals surface area contributed by atoms with Gasteiger partial charge in [-0.25, -0.2) is 0 Å². The van der Waals surface area contributed by atoms with Gasteiger partial charge in [0.1, 0.15) is 18.2 Å². The van der Waals surface area contributed by atoms with Gasteiger partial charge < -0.3 is 15.8 Å². The van der Waals surface area contributed by atoms with E-state index >= 15 is 0 Å². The summed E-state index contributed by atoms with van der Waals surface area (Å²) in [6.45, 7) is 0.521. The molecule has 0 radical (unpaired) electrons. The Balaban J connectivity index is 1.73. The lowest BCUT2D eigenvalue weighted by molar-refractivity contribution is 0.369. The van der Waals surface area contributed by atoms with Crippen LogP contribution in [0.3, 0.4) is 0 Å². The summed E-state index contributed by atoms with van der Waals surface area (Å²) in [5.74, 6) is 1.76. The Kier molecular flexibility index (Phi) is 3.09. The second-order valence-corrected chi connectivity index (χ2v) is 5.04. The van der Waals surface area contributed by atoms with Crippen molar-refractivity contribution >= 4 is 17.2 Å². The summed E-state index contributed by atoms with van der Waals surface area (Å²) in [6, 6.07) is 6.14. The largest absolute Gasteiger partial charge is 0.483 e. The van der Waals surface area contributed by atoms with Crippen LogP contribution in [0.25, 0.3) is 0 Å². The van der Waals surface area contributed by atoms with Crippen LogP contribution in [0.5, 0.6) is 5.75 Å². The molecule has 1 aliphatic carbocycles. The predicted molar refractivity (Wildman–Crippen MR) is 74.3 cm³/mol. The Labute approximate surface area is 107 Å². The number of ether oxygens (including phenoxy) is 1. The number of benzene rings is 1. The number of hydrogen-bond acceptors (Lipinski definition) is 3. The number of aliphatic imine (C=N–C) groups is 1. The molecule has 1 saturated carbocycles. The molecule has 4 nitrogen and oxygen atoms in total. The number of nitrogens with two attached hydrogens (primary N) is 1. The molecule has 1 heterocycles. The van der Waals surface area contributed by atoms with E-state index in [2.05, 4.69) is 5.32 Å². The molecule has 0 atom stereocenters. The quantitative estimate of drug-likeness (QED) is 0.748. The molecular weight excluding hydrogens is 226 g/mol. The average Bonchev–Trinajstić information content (AvgIpc) is 2.40. The Morgan fingerprint density at radius 3 is 2.89 bits per heavy atom. The fourth-order valence-corrected chi connectivity index (χ4v) is 2.60. The van der Waals surface area contributed by atoms with Crippen molar-refractivity contribution in [3.05, 3.63) is 18.2 Å². The first-order chi connectivity index (χ1) is 8.81. The summed E-state index contributed by atoms with van der Waals surface area (Å²) in [7, 11) is 0. The van der Waals surface area contributed by atoms with Gasteiger partial charge in [-0.1, -0.05) is 19.3 Å². The number of anilines is 2. The maximum Gasteiger partial charge on any atom is 0.146 e. The molecule has 0 aromatic heterocycles. The van der Waals surface area contributed by atoms with Crippen molar-refractivity contribution in [2.75, 3.05) is 17.7 Å². The lowest BCUT2D eigenvalue weighted by atomic mass is 9.96. The monoisotopic (exact) mass is 245 g/mol. The van der Waals surface area contributed by atoms with Crippen LogP contribution in [-0.4, -0.2) is 18.5 Å². The summed E-state index contributed by atoms with van der Waals surface area (Å²) in [4.78, 5) is 4.77. The number of nitrogens with zero attached hydrogens (tertiary/aromatic N) is 1. The molecule has 18 heavy (non-hydrogen) atoms. The number of amidine groups is 1. The van der Waals surface area contributed by atoms with Gasteiger partial charge in [-0.15, -0.1) is 0 Å². The topological polar surface area (TPSA) is 59.6 Å². The third-order valence-electron chi connectivity index (χ3n) is 3.56. The molecule has 1 fully saturated rings. The number of nitrogens with one attached hydrogen (secondary N) is 1. The van der Waals surface area contributed by atoms with Crippen molar-refractivity contribution in [2.45, 2.75) is 38.1 Å². The first-order valence-corrected chi connectivity index (χ1v) is 6.67. The summed E-state index contributed by atoms with van der Waals surface area (Å²) in [6.07, 6.45) is 6.37. The molecule has 0 saturated heterocycles. The van der Waals surface area contributed by atoms with Gasteiger partial charge in [0.2, 0.25) is 0 Å². The minimum atomic E-state index is 0.472. The van der Waals surface area contributed by atoms with Crippen LogP contribution < -0.4 is 15.8 Å². The zero-order valence-corrected chi connectivity index (χ0v) is 10.5. The fraction of sp³-hybridized carbons (Fsp3) is 0.500. The Hall–Kier alpha value is -1.71. The van der Waals surface area contributed by atoms with E-state index in [4.69, 9.17) is 15.5 Å². The molecule has 4 heteroatoms. The van der Waals surface area contributed by atoms with E-state index in [0.29, 0.717) is 12.6 Å². The molecule has 0 bridgehead atoms.